The van der Waals surface area contributed by atoms with Gasteiger partial charge in [-0.2, -0.15) is 0 Å². The van der Waals surface area contributed by atoms with Gasteiger partial charge in [0, 0.05) is 16.5 Å². The van der Waals surface area contributed by atoms with Gasteiger partial charge in [-0.3, -0.25) is 4.98 Å². The second-order valence-electron chi connectivity index (χ2n) is 4.94. The summed E-state index contributed by atoms with van der Waals surface area (Å²) in [6, 6.07) is 15.3. The Labute approximate surface area is 128 Å². The molecule has 0 aliphatic heterocycles. The monoisotopic (exact) mass is 298 g/mol. The largest absolute Gasteiger partial charge is 0.456 e. The molecule has 3 aromatic rings. The number of nitrogens with zero attached hydrogens (tertiary/aromatic N) is 1. The van der Waals surface area contributed by atoms with Crippen molar-refractivity contribution in [3.8, 4) is 11.5 Å². The van der Waals surface area contributed by atoms with Gasteiger partial charge in [-0.25, -0.2) is 0 Å². The Kier molecular flexibility index (Phi) is 3.78. The summed E-state index contributed by atoms with van der Waals surface area (Å²) in [4.78, 5) is 4.37. The Hall–Kier alpha value is -2.10. The highest BCUT2D eigenvalue weighted by Crippen LogP contribution is 2.29. The lowest BCUT2D eigenvalue weighted by atomic mass is 10.1. The number of hydrogen-bond donors (Lipinski definition) is 1. The number of ether oxygens (including phenoxy) is 1. The van der Waals surface area contributed by atoms with Crippen molar-refractivity contribution in [3.05, 3.63) is 65.3 Å². The fourth-order valence-corrected chi connectivity index (χ4v) is 2.53. The molecule has 0 spiro atoms. The molecule has 1 aromatic heterocycles. The summed E-state index contributed by atoms with van der Waals surface area (Å²) in [5.74, 6) is 1.35. The van der Waals surface area contributed by atoms with Crippen LogP contribution in [0.25, 0.3) is 10.9 Å². The second kappa shape index (κ2) is 5.72. The van der Waals surface area contributed by atoms with E-state index in [2.05, 4.69) is 4.98 Å². The number of rotatable bonds is 3. The van der Waals surface area contributed by atoms with Gasteiger partial charge in [0.15, 0.2) is 0 Å². The van der Waals surface area contributed by atoms with Crippen molar-refractivity contribution >= 4 is 22.5 Å². The third-order valence-corrected chi connectivity index (χ3v) is 3.59. The molecule has 0 aliphatic rings. The predicted octanol–water partition coefficient (Wildman–Crippen LogP) is 4.70. The number of hydrogen-bond acceptors (Lipinski definition) is 3. The van der Waals surface area contributed by atoms with Gasteiger partial charge in [0.25, 0.3) is 0 Å². The standard InChI is InChI=1S/C17H15ClN2O/c1-11(19)15-7-6-13(9-16(15)18)21-14-8-12-4-2-3-5-17(12)20-10-14/h2-11H,19H2,1H3. The Morgan fingerprint density at radius 2 is 1.90 bits per heavy atom. The van der Waals surface area contributed by atoms with Crippen LogP contribution in [-0.2, 0) is 0 Å². The van der Waals surface area contributed by atoms with Crippen molar-refractivity contribution in [1.29, 1.82) is 0 Å². The lowest BCUT2D eigenvalue weighted by Crippen LogP contribution is -2.05. The fraction of sp³-hybridized carbons (Fsp3) is 0.118. The molecular weight excluding hydrogens is 284 g/mol. The summed E-state index contributed by atoms with van der Waals surface area (Å²) in [7, 11) is 0. The van der Waals surface area contributed by atoms with Crippen LogP contribution in [0.3, 0.4) is 0 Å². The summed E-state index contributed by atoms with van der Waals surface area (Å²) < 4.78 is 5.81. The molecule has 0 radical (unpaired) electrons. The molecule has 3 nitrogen and oxygen atoms in total. The van der Waals surface area contributed by atoms with E-state index < -0.39 is 0 Å². The highest BCUT2D eigenvalue weighted by atomic mass is 35.5. The smallest absolute Gasteiger partial charge is 0.146 e. The van der Waals surface area contributed by atoms with Crippen LogP contribution in [0.15, 0.2) is 54.7 Å². The molecule has 3 rings (SSSR count). The Morgan fingerprint density at radius 1 is 1.10 bits per heavy atom. The number of aromatic nitrogens is 1. The molecule has 1 heterocycles. The molecule has 0 saturated heterocycles. The van der Waals surface area contributed by atoms with Gasteiger partial charge >= 0.3 is 0 Å². The van der Waals surface area contributed by atoms with E-state index in [1.54, 1.807) is 12.3 Å². The molecule has 0 bridgehead atoms. The summed E-state index contributed by atoms with van der Waals surface area (Å²) in [5, 5.41) is 1.64. The van der Waals surface area contributed by atoms with E-state index in [0.717, 1.165) is 16.5 Å². The van der Waals surface area contributed by atoms with Gasteiger partial charge < -0.3 is 10.5 Å². The highest BCUT2D eigenvalue weighted by molar-refractivity contribution is 6.31. The van der Waals surface area contributed by atoms with Crippen molar-refractivity contribution in [1.82, 2.24) is 4.98 Å². The van der Waals surface area contributed by atoms with Gasteiger partial charge in [-0.1, -0.05) is 35.9 Å². The average molecular weight is 299 g/mol. The minimum atomic E-state index is -0.103. The zero-order valence-corrected chi connectivity index (χ0v) is 12.3. The molecule has 0 aliphatic carbocycles. The van der Waals surface area contributed by atoms with E-state index in [-0.39, 0.29) is 6.04 Å². The molecule has 0 amide bonds. The van der Waals surface area contributed by atoms with Gasteiger partial charge in [0.05, 0.1) is 11.7 Å². The van der Waals surface area contributed by atoms with E-state index in [0.29, 0.717) is 16.5 Å². The Morgan fingerprint density at radius 3 is 2.67 bits per heavy atom. The third kappa shape index (κ3) is 2.99. The molecular formula is C17H15ClN2O. The first-order chi connectivity index (χ1) is 10.1. The number of para-hydroxylation sites is 1. The molecule has 21 heavy (non-hydrogen) atoms. The van der Waals surface area contributed by atoms with Gasteiger partial charge in [-0.05, 0) is 36.8 Å². The van der Waals surface area contributed by atoms with Crippen molar-refractivity contribution < 1.29 is 4.74 Å². The van der Waals surface area contributed by atoms with Crippen LogP contribution in [0.2, 0.25) is 5.02 Å². The fourth-order valence-electron chi connectivity index (χ4n) is 2.18. The van der Waals surface area contributed by atoms with Crippen molar-refractivity contribution in [3.63, 3.8) is 0 Å². The normalized spacial score (nSPS) is 12.3. The molecule has 0 saturated carbocycles. The van der Waals surface area contributed by atoms with E-state index in [4.69, 9.17) is 22.1 Å². The summed E-state index contributed by atoms with van der Waals surface area (Å²) >= 11 is 6.21. The maximum Gasteiger partial charge on any atom is 0.146 e. The lowest BCUT2D eigenvalue weighted by molar-refractivity contribution is 0.481. The molecule has 1 unspecified atom stereocenters. The number of fused-ring (bicyclic) bond motifs is 1. The third-order valence-electron chi connectivity index (χ3n) is 3.26. The molecule has 2 N–H and O–H groups in total. The highest BCUT2D eigenvalue weighted by Gasteiger charge is 2.07. The zero-order chi connectivity index (χ0) is 14.8. The number of nitrogens with two attached hydrogens (primary N) is 1. The van der Waals surface area contributed by atoms with Crippen LogP contribution in [-0.4, -0.2) is 4.98 Å². The first-order valence-corrected chi connectivity index (χ1v) is 7.09. The van der Waals surface area contributed by atoms with E-state index in [9.17, 15) is 0 Å². The first kappa shape index (κ1) is 13.9. The number of benzene rings is 2. The van der Waals surface area contributed by atoms with Crippen LogP contribution >= 0.6 is 11.6 Å². The van der Waals surface area contributed by atoms with Gasteiger partial charge in [-0.15, -0.1) is 0 Å². The zero-order valence-electron chi connectivity index (χ0n) is 11.6. The minimum absolute atomic E-state index is 0.103. The van der Waals surface area contributed by atoms with E-state index in [1.807, 2.05) is 49.4 Å². The van der Waals surface area contributed by atoms with Gasteiger partial charge in [0.1, 0.15) is 11.5 Å². The van der Waals surface area contributed by atoms with Crippen LogP contribution in [0, 0.1) is 0 Å². The summed E-state index contributed by atoms with van der Waals surface area (Å²) in [6.07, 6.45) is 1.70. The SMILES string of the molecule is CC(N)c1ccc(Oc2cnc3ccccc3c2)cc1Cl. The van der Waals surface area contributed by atoms with Crippen LogP contribution < -0.4 is 10.5 Å². The van der Waals surface area contributed by atoms with Crippen molar-refractivity contribution in [2.45, 2.75) is 13.0 Å². The van der Waals surface area contributed by atoms with E-state index >= 15 is 0 Å². The van der Waals surface area contributed by atoms with E-state index in [1.165, 1.54) is 0 Å². The minimum Gasteiger partial charge on any atom is -0.456 e. The van der Waals surface area contributed by atoms with Crippen LogP contribution in [0.4, 0.5) is 0 Å². The van der Waals surface area contributed by atoms with Crippen LogP contribution in [0.5, 0.6) is 11.5 Å². The second-order valence-corrected chi connectivity index (χ2v) is 5.34. The maximum absolute atomic E-state index is 6.21. The molecule has 0 fully saturated rings. The number of pyridine rings is 1. The maximum atomic E-state index is 6.21. The predicted molar refractivity (Wildman–Crippen MR) is 85.9 cm³/mol. The van der Waals surface area contributed by atoms with Crippen molar-refractivity contribution in [2.24, 2.45) is 5.73 Å². The van der Waals surface area contributed by atoms with Crippen LogP contribution in [0.1, 0.15) is 18.5 Å². The Bertz CT molecular complexity index is 787. The lowest BCUT2D eigenvalue weighted by Gasteiger charge is -2.11. The molecule has 106 valence electrons. The Balaban J connectivity index is 1.89. The molecule has 4 heteroatoms. The summed E-state index contributed by atoms with van der Waals surface area (Å²) in [5.41, 5.74) is 7.69. The molecule has 1 atom stereocenters. The summed E-state index contributed by atoms with van der Waals surface area (Å²) in [6.45, 7) is 1.90. The molecule has 2 aromatic carbocycles. The topological polar surface area (TPSA) is 48.1 Å². The average Bonchev–Trinajstić information content (AvgIpc) is 2.47. The number of halogens is 1. The quantitative estimate of drug-likeness (QED) is 0.762. The van der Waals surface area contributed by atoms with Crippen molar-refractivity contribution in [2.75, 3.05) is 0 Å². The first-order valence-electron chi connectivity index (χ1n) is 6.71. The van der Waals surface area contributed by atoms with Gasteiger partial charge in [0.2, 0.25) is 0 Å².